The lowest BCUT2D eigenvalue weighted by molar-refractivity contribution is 0.101. The molecule has 0 saturated carbocycles. The third-order valence-electron chi connectivity index (χ3n) is 1.67. The van der Waals surface area contributed by atoms with Crippen LogP contribution in [0.5, 0.6) is 0 Å². The molecular weight excluding hydrogens is 171 g/mol. The Morgan fingerprint density at radius 2 is 2.23 bits per heavy atom. The van der Waals surface area contributed by atoms with Gasteiger partial charge in [0.15, 0.2) is 5.78 Å². The van der Waals surface area contributed by atoms with E-state index >= 15 is 0 Å². The van der Waals surface area contributed by atoms with Gasteiger partial charge in [-0.1, -0.05) is 0 Å². The van der Waals surface area contributed by atoms with E-state index in [4.69, 9.17) is 11.0 Å². The van der Waals surface area contributed by atoms with Crippen LogP contribution in [-0.2, 0) is 0 Å². The van der Waals surface area contributed by atoms with E-state index < -0.39 is 11.6 Å². The van der Waals surface area contributed by atoms with E-state index in [1.54, 1.807) is 6.07 Å². The van der Waals surface area contributed by atoms with Gasteiger partial charge in [0.25, 0.3) is 0 Å². The van der Waals surface area contributed by atoms with Crippen LogP contribution in [0.2, 0.25) is 0 Å². The van der Waals surface area contributed by atoms with E-state index in [0.717, 1.165) is 6.07 Å². The fourth-order valence-corrected chi connectivity index (χ4v) is 1.05. The highest BCUT2D eigenvalue weighted by molar-refractivity contribution is 6.00. The van der Waals surface area contributed by atoms with Gasteiger partial charge in [0.1, 0.15) is 11.9 Å². The number of hydrogen-bond acceptors (Lipinski definition) is 3. The average molecular weight is 178 g/mol. The first kappa shape index (κ1) is 9.20. The van der Waals surface area contributed by atoms with Crippen LogP contribution in [0, 0.1) is 17.1 Å². The summed E-state index contributed by atoms with van der Waals surface area (Å²) in [6.07, 6.45) is 0. The molecule has 0 aliphatic carbocycles. The minimum atomic E-state index is -0.691. The second kappa shape index (κ2) is 3.23. The molecule has 0 aliphatic heterocycles. The first-order valence-electron chi connectivity index (χ1n) is 3.57. The number of rotatable bonds is 1. The molecule has 0 aromatic heterocycles. The largest absolute Gasteiger partial charge is 0.397 e. The maximum atomic E-state index is 13.0. The van der Waals surface area contributed by atoms with Gasteiger partial charge in [-0.25, -0.2) is 4.39 Å². The molecule has 13 heavy (non-hydrogen) atoms. The van der Waals surface area contributed by atoms with Crippen molar-refractivity contribution in [2.75, 3.05) is 5.73 Å². The molecule has 0 atom stereocenters. The van der Waals surface area contributed by atoms with E-state index in [0.29, 0.717) is 0 Å². The lowest BCUT2D eigenvalue weighted by Gasteiger charge is -2.04. The molecule has 1 aromatic rings. The van der Waals surface area contributed by atoms with Crippen LogP contribution in [0.15, 0.2) is 12.1 Å². The summed E-state index contributed by atoms with van der Waals surface area (Å²) in [5.41, 5.74) is 5.23. The van der Waals surface area contributed by atoms with Crippen LogP contribution in [0.4, 0.5) is 10.1 Å². The molecule has 0 unspecified atom stereocenters. The van der Waals surface area contributed by atoms with Gasteiger partial charge >= 0.3 is 0 Å². The molecule has 0 aliphatic rings. The van der Waals surface area contributed by atoms with Crippen molar-refractivity contribution in [2.24, 2.45) is 0 Å². The zero-order valence-electron chi connectivity index (χ0n) is 6.97. The predicted molar refractivity (Wildman–Crippen MR) is 45.5 cm³/mol. The Hall–Kier alpha value is -1.89. The van der Waals surface area contributed by atoms with E-state index in [2.05, 4.69) is 0 Å². The average Bonchev–Trinajstić information content (AvgIpc) is 2.04. The summed E-state index contributed by atoms with van der Waals surface area (Å²) in [4.78, 5) is 10.9. The first-order valence-corrected chi connectivity index (χ1v) is 3.57. The van der Waals surface area contributed by atoms with Gasteiger partial charge < -0.3 is 5.73 Å². The predicted octanol–water partition coefficient (Wildman–Crippen LogP) is 1.48. The molecule has 1 rings (SSSR count). The van der Waals surface area contributed by atoms with E-state index in [1.807, 2.05) is 0 Å². The molecule has 3 nitrogen and oxygen atoms in total. The van der Waals surface area contributed by atoms with Crippen molar-refractivity contribution in [3.8, 4) is 6.07 Å². The normalized spacial score (nSPS) is 9.31. The topological polar surface area (TPSA) is 66.9 Å². The third kappa shape index (κ3) is 1.49. The summed E-state index contributed by atoms with van der Waals surface area (Å²) in [6, 6.07) is 4.08. The number of carbonyl (C=O) groups is 1. The number of benzene rings is 1. The van der Waals surface area contributed by atoms with Gasteiger partial charge in [0, 0.05) is 0 Å². The van der Waals surface area contributed by atoms with E-state index in [-0.39, 0.29) is 16.8 Å². The van der Waals surface area contributed by atoms with Crippen molar-refractivity contribution < 1.29 is 9.18 Å². The molecule has 0 bridgehead atoms. The van der Waals surface area contributed by atoms with E-state index in [9.17, 15) is 9.18 Å². The van der Waals surface area contributed by atoms with Crippen molar-refractivity contribution in [2.45, 2.75) is 6.92 Å². The number of nitrogens with zero attached hydrogens (tertiary/aromatic N) is 1. The summed E-state index contributed by atoms with van der Waals surface area (Å²) >= 11 is 0. The van der Waals surface area contributed by atoms with Crippen LogP contribution in [0.3, 0.4) is 0 Å². The van der Waals surface area contributed by atoms with Crippen LogP contribution in [-0.4, -0.2) is 5.78 Å². The molecule has 0 heterocycles. The molecule has 0 saturated heterocycles. The number of halogens is 1. The van der Waals surface area contributed by atoms with Crippen LogP contribution in [0.25, 0.3) is 0 Å². The highest BCUT2D eigenvalue weighted by Crippen LogP contribution is 2.20. The van der Waals surface area contributed by atoms with Crippen molar-refractivity contribution in [1.82, 2.24) is 0 Å². The molecule has 0 amide bonds. The minimum absolute atomic E-state index is 0.0880. The Balaban J connectivity index is 3.50. The molecule has 0 spiro atoms. The fourth-order valence-electron chi connectivity index (χ4n) is 1.05. The quantitative estimate of drug-likeness (QED) is 0.523. The Morgan fingerprint density at radius 3 is 2.69 bits per heavy atom. The highest BCUT2D eigenvalue weighted by atomic mass is 19.1. The SMILES string of the molecule is CC(=O)c1c(F)ccc(C#N)c1N. The van der Waals surface area contributed by atoms with Crippen molar-refractivity contribution >= 4 is 11.5 Å². The summed E-state index contributed by atoms with van der Waals surface area (Å²) < 4.78 is 13.0. The highest BCUT2D eigenvalue weighted by Gasteiger charge is 2.14. The van der Waals surface area contributed by atoms with Crippen LogP contribution >= 0.6 is 0 Å². The van der Waals surface area contributed by atoms with Gasteiger partial charge in [0.05, 0.1) is 16.8 Å². The van der Waals surface area contributed by atoms with Crippen molar-refractivity contribution in [3.05, 3.63) is 29.1 Å². The van der Waals surface area contributed by atoms with Gasteiger partial charge in [-0.2, -0.15) is 5.26 Å². The van der Waals surface area contributed by atoms with E-state index in [1.165, 1.54) is 13.0 Å². The Bertz CT molecular complexity index is 407. The number of anilines is 1. The Morgan fingerprint density at radius 1 is 1.62 bits per heavy atom. The number of nitriles is 1. The van der Waals surface area contributed by atoms with Crippen molar-refractivity contribution in [1.29, 1.82) is 5.26 Å². The number of carbonyl (C=O) groups excluding carboxylic acids is 1. The number of hydrogen-bond donors (Lipinski definition) is 1. The third-order valence-corrected chi connectivity index (χ3v) is 1.67. The molecule has 1 aromatic carbocycles. The summed E-state index contributed by atoms with van der Waals surface area (Å²) in [5.74, 6) is -1.17. The smallest absolute Gasteiger partial charge is 0.164 e. The minimum Gasteiger partial charge on any atom is -0.397 e. The summed E-state index contributed by atoms with van der Waals surface area (Å²) in [6.45, 7) is 1.20. The fraction of sp³-hybridized carbons (Fsp3) is 0.111. The van der Waals surface area contributed by atoms with Gasteiger partial charge in [-0.15, -0.1) is 0 Å². The van der Waals surface area contributed by atoms with Crippen LogP contribution in [0.1, 0.15) is 22.8 Å². The molecule has 2 N–H and O–H groups in total. The van der Waals surface area contributed by atoms with Crippen LogP contribution < -0.4 is 5.73 Å². The second-order valence-electron chi connectivity index (χ2n) is 2.55. The molecule has 4 heteroatoms. The Kier molecular flexibility index (Phi) is 2.29. The first-order chi connectivity index (χ1) is 6.07. The van der Waals surface area contributed by atoms with Gasteiger partial charge in [-0.3, -0.25) is 4.79 Å². The molecular formula is C9H7FN2O. The van der Waals surface area contributed by atoms with Gasteiger partial charge in [-0.05, 0) is 19.1 Å². The summed E-state index contributed by atoms with van der Waals surface area (Å²) in [5, 5.41) is 8.55. The lowest BCUT2D eigenvalue weighted by atomic mass is 10.0. The summed E-state index contributed by atoms with van der Waals surface area (Å²) in [7, 11) is 0. The Labute approximate surface area is 74.6 Å². The molecule has 0 fully saturated rings. The maximum Gasteiger partial charge on any atom is 0.164 e. The second-order valence-corrected chi connectivity index (χ2v) is 2.55. The number of nitrogens with two attached hydrogens (primary N) is 1. The zero-order chi connectivity index (χ0) is 10.0. The monoisotopic (exact) mass is 178 g/mol. The number of ketones is 1. The lowest BCUT2D eigenvalue weighted by Crippen LogP contribution is -2.05. The number of Topliss-reactive ketones (excluding diaryl/α,β-unsaturated/α-hetero) is 1. The van der Waals surface area contributed by atoms with Crippen molar-refractivity contribution in [3.63, 3.8) is 0 Å². The molecule has 66 valence electrons. The standard InChI is InChI=1S/C9H7FN2O/c1-5(13)8-7(10)3-2-6(4-11)9(8)12/h2-3H,12H2,1H3. The maximum absolute atomic E-state index is 13.0. The molecule has 0 radical (unpaired) electrons. The number of nitrogen functional groups attached to an aromatic ring is 1. The van der Waals surface area contributed by atoms with Gasteiger partial charge in [0.2, 0.25) is 0 Å². The zero-order valence-corrected chi connectivity index (χ0v) is 6.97.